The van der Waals surface area contributed by atoms with Crippen LogP contribution in [0.2, 0.25) is 10.3 Å². The summed E-state index contributed by atoms with van der Waals surface area (Å²) < 4.78 is 0. The summed E-state index contributed by atoms with van der Waals surface area (Å²) in [6.07, 6.45) is 0. The maximum atomic E-state index is 11.3. The van der Waals surface area contributed by atoms with Crippen LogP contribution in [-0.2, 0) is 0 Å². The number of carbonyl (C=O) groups is 1. The largest absolute Gasteiger partial charge is 0.355 e. The van der Waals surface area contributed by atoms with Crippen LogP contribution >= 0.6 is 23.2 Å². The molecule has 1 rings (SSSR count). The van der Waals surface area contributed by atoms with Gasteiger partial charge in [0.25, 0.3) is 5.91 Å². The third-order valence-corrected chi connectivity index (χ3v) is 2.22. The van der Waals surface area contributed by atoms with E-state index < -0.39 is 0 Å². The molecule has 0 aromatic carbocycles. The number of halogens is 2. The number of amides is 1. The highest BCUT2D eigenvalue weighted by Gasteiger charge is 2.11. The van der Waals surface area contributed by atoms with Crippen LogP contribution < -0.4 is 5.32 Å². The fourth-order valence-corrected chi connectivity index (χ4v) is 1.35. The van der Waals surface area contributed by atoms with Crippen molar-refractivity contribution in [2.45, 2.75) is 6.92 Å². The van der Waals surface area contributed by atoms with Gasteiger partial charge in [-0.05, 0) is 18.6 Å². The van der Waals surface area contributed by atoms with Crippen molar-refractivity contribution in [3.63, 3.8) is 0 Å². The minimum absolute atomic E-state index is 0.217. The Morgan fingerprint density at radius 3 is 2.69 bits per heavy atom. The van der Waals surface area contributed by atoms with Gasteiger partial charge in [0.2, 0.25) is 0 Å². The molecule has 0 radical (unpaired) electrons. The zero-order valence-corrected chi connectivity index (χ0v) is 8.70. The smallest absolute Gasteiger partial charge is 0.251 e. The Bertz CT molecular complexity index is 352. The third kappa shape index (κ3) is 2.11. The monoisotopic (exact) mass is 218 g/mol. The van der Waals surface area contributed by atoms with Gasteiger partial charge in [0.05, 0.1) is 0 Å². The molecule has 3 nitrogen and oxygen atoms in total. The molecule has 1 aromatic rings. The van der Waals surface area contributed by atoms with Gasteiger partial charge in [0.1, 0.15) is 10.3 Å². The first-order valence-electron chi connectivity index (χ1n) is 3.61. The second kappa shape index (κ2) is 3.94. The maximum Gasteiger partial charge on any atom is 0.251 e. The molecule has 70 valence electrons. The molecule has 1 amide bonds. The fourth-order valence-electron chi connectivity index (χ4n) is 0.919. The first-order valence-corrected chi connectivity index (χ1v) is 4.36. The van der Waals surface area contributed by atoms with Crippen LogP contribution in [-0.4, -0.2) is 17.9 Å². The quantitative estimate of drug-likeness (QED) is 0.734. The number of nitrogens with zero attached hydrogens (tertiary/aromatic N) is 1. The van der Waals surface area contributed by atoms with E-state index in [4.69, 9.17) is 23.2 Å². The Morgan fingerprint density at radius 2 is 2.15 bits per heavy atom. The minimum Gasteiger partial charge on any atom is -0.355 e. The van der Waals surface area contributed by atoms with E-state index in [0.717, 1.165) is 0 Å². The van der Waals surface area contributed by atoms with Gasteiger partial charge in [-0.25, -0.2) is 4.98 Å². The molecule has 0 aliphatic rings. The highest BCUT2D eigenvalue weighted by atomic mass is 35.5. The summed E-state index contributed by atoms with van der Waals surface area (Å²) in [4.78, 5) is 15.1. The molecule has 0 aliphatic carbocycles. The number of hydrogen-bond acceptors (Lipinski definition) is 2. The second-order valence-electron chi connectivity index (χ2n) is 2.49. The lowest BCUT2D eigenvalue weighted by molar-refractivity contribution is 0.0962. The molecule has 0 fully saturated rings. The highest BCUT2D eigenvalue weighted by molar-refractivity contribution is 6.33. The predicted octanol–water partition coefficient (Wildman–Crippen LogP) is 2.06. The Labute approximate surface area is 86.1 Å². The van der Waals surface area contributed by atoms with Crippen molar-refractivity contribution in [1.29, 1.82) is 0 Å². The van der Waals surface area contributed by atoms with Gasteiger partial charge in [-0.2, -0.15) is 0 Å². The number of aromatic nitrogens is 1. The molecule has 0 unspecified atom stereocenters. The first kappa shape index (κ1) is 10.3. The molecule has 1 heterocycles. The highest BCUT2D eigenvalue weighted by Crippen LogP contribution is 2.20. The molecule has 5 heteroatoms. The fraction of sp³-hybridized carbons (Fsp3) is 0.250. The van der Waals surface area contributed by atoms with Crippen LogP contribution in [0.1, 0.15) is 15.9 Å². The molecule has 0 bridgehead atoms. The maximum absolute atomic E-state index is 11.3. The topological polar surface area (TPSA) is 42.0 Å². The molecular formula is C8H8Cl2N2O. The summed E-state index contributed by atoms with van der Waals surface area (Å²) in [5, 5.41) is 2.97. The van der Waals surface area contributed by atoms with Crippen molar-refractivity contribution in [3.8, 4) is 0 Å². The van der Waals surface area contributed by atoms with Crippen molar-refractivity contribution < 1.29 is 4.79 Å². The standard InChI is InChI=1S/C8H8Cl2N2O/c1-4-5(8(13)11-2)3-6(9)12-7(4)10/h3H,1-2H3,(H,11,13). The second-order valence-corrected chi connectivity index (χ2v) is 3.23. The van der Waals surface area contributed by atoms with Gasteiger partial charge in [-0.15, -0.1) is 0 Å². The average Bonchev–Trinajstić information content (AvgIpc) is 2.10. The normalized spacial score (nSPS) is 9.85. The van der Waals surface area contributed by atoms with E-state index in [-0.39, 0.29) is 16.2 Å². The molecular weight excluding hydrogens is 211 g/mol. The van der Waals surface area contributed by atoms with Gasteiger partial charge >= 0.3 is 0 Å². The molecule has 1 aromatic heterocycles. The van der Waals surface area contributed by atoms with Crippen molar-refractivity contribution in [3.05, 3.63) is 27.5 Å². The summed E-state index contributed by atoms with van der Waals surface area (Å²) >= 11 is 11.4. The number of carbonyl (C=O) groups excluding carboxylic acids is 1. The Balaban J connectivity index is 3.28. The molecule has 0 saturated carbocycles. The van der Waals surface area contributed by atoms with E-state index in [1.807, 2.05) is 0 Å². The van der Waals surface area contributed by atoms with Crippen LogP contribution in [0.25, 0.3) is 0 Å². The van der Waals surface area contributed by atoms with Gasteiger partial charge in [0.15, 0.2) is 0 Å². The van der Waals surface area contributed by atoms with E-state index in [2.05, 4.69) is 10.3 Å². The molecule has 1 N–H and O–H groups in total. The molecule has 13 heavy (non-hydrogen) atoms. The number of rotatable bonds is 1. The van der Waals surface area contributed by atoms with Crippen LogP contribution in [0.4, 0.5) is 0 Å². The van der Waals surface area contributed by atoms with Crippen LogP contribution in [0.3, 0.4) is 0 Å². The van der Waals surface area contributed by atoms with E-state index >= 15 is 0 Å². The lowest BCUT2D eigenvalue weighted by Crippen LogP contribution is -2.19. The van der Waals surface area contributed by atoms with E-state index in [0.29, 0.717) is 11.1 Å². The molecule has 0 aliphatic heterocycles. The lowest BCUT2D eigenvalue weighted by Gasteiger charge is -2.05. The summed E-state index contributed by atoms with van der Waals surface area (Å²) in [5.41, 5.74) is 1.08. The van der Waals surface area contributed by atoms with Gasteiger partial charge in [-0.3, -0.25) is 4.79 Å². The van der Waals surface area contributed by atoms with Gasteiger partial charge < -0.3 is 5.32 Å². The summed E-state index contributed by atoms with van der Waals surface area (Å²) in [6, 6.07) is 1.49. The third-order valence-electron chi connectivity index (χ3n) is 1.65. The Hall–Kier alpha value is -0.800. The Morgan fingerprint density at radius 1 is 1.54 bits per heavy atom. The lowest BCUT2D eigenvalue weighted by atomic mass is 10.1. The van der Waals surface area contributed by atoms with Gasteiger partial charge in [-0.1, -0.05) is 23.2 Å². The molecule has 0 spiro atoms. The molecule has 0 saturated heterocycles. The SMILES string of the molecule is CNC(=O)c1cc(Cl)nc(Cl)c1C. The predicted molar refractivity (Wildman–Crippen MR) is 52.4 cm³/mol. The minimum atomic E-state index is -0.219. The van der Waals surface area contributed by atoms with E-state index in [1.165, 1.54) is 6.07 Å². The van der Waals surface area contributed by atoms with E-state index in [9.17, 15) is 4.79 Å². The van der Waals surface area contributed by atoms with E-state index in [1.54, 1.807) is 14.0 Å². The van der Waals surface area contributed by atoms with Gasteiger partial charge in [0, 0.05) is 12.6 Å². The van der Waals surface area contributed by atoms with Crippen molar-refractivity contribution in [2.24, 2.45) is 0 Å². The number of hydrogen-bond donors (Lipinski definition) is 1. The average molecular weight is 219 g/mol. The van der Waals surface area contributed by atoms with Crippen LogP contribution in [0.5, 0.6) is 0 Å². The van der Waals surface area contributed by atoms with Crippen molar-refractivity contribution in [2.75, 3.05) is 7.05 Å². The number of nitrogens with one attached hydrogen (secondary N) is 1. The Kier molecular flexibility index (Phi) is 3.12. The van der Waals surface area contributed by atoms with Crippen LogP contribution in [0.15, 0.2) is 6.07 Å². The summed E-state index contributed by atoms with van der Waals surface area (Å²) in [7, 11) is 1.55. The van der Waals surface area contributed by atoms with Crippen LogP contribution in [0, 0.1) is 6.92 Å². The summed E-state index contributed by atoms with van der Waals surface area (Å²) in [6.45, 7) is 1.72. The zero-order valence-electron chi connectivity index (χ0n) is 7.19. The van der Waals surface area contributed by atoms with Crippen molar-refractivity contribution >= 4 is 29.1 Å². The first-order chi connectivity index (χ1) is 6.06. The van der Waals surface area contributed by atoms with Crippen molar-refractivity contribution in [1.82, 2.24) is 10.3 Å². The molecule has 0 atom stereocenters. The number of pyridine rings is 1. The summed E-state index contributed by atoms with van der Waals surface area (Å²) in [5.74, 6) is -0.219. The zero-order chi connectivity index (χ0) is 10.0.